The fraction of sp³-hybridized carbons (Fsp3) is 0.636. The number of carboxylic acid groups (broad SMARTS) is 1. The molecule has 0 aliphatic carbocycles. The number of rotatable bonds is 4. The Morgan fingerprint density at radius 3 is 2.48 bits per heavy atom. The zero-order valence-corrected chi connectivity index (χ0v) is 18.2. The van der Waals surface area contributed by atoms with Gasteiger partial charge in [-0.25, -0.2) is 4.79 Å². The van der Waals surface area contributed by atoms with Crippen molar-refractivity contribution < 1.29 is 32.6 Å². The van der Waals surface area contributed by atoms with Gasteiger partial charge in [0.2, 0.25) is 5.91 Å². The Bertz CT molecular complexity index is 769. The van der Waals surface area contributed by atoms with E-state index in [9.17, 15) is 18.0 Å². The summed E-state index contributed by atoms with van der Waals surface area (Å²) in [6, 6.07) is 8.57. The van der Waals surface area contributed by atoms with Crippen molar-refractivity contribution in [3.05, 3.63) is 35.4 Å². The van der Waals surface area contributed by atoms with Crippen LogP contribution in [0.2, 0.25) is 0 Å². The minimum Gasteiger partial charge on any atom is -0.475 e. The zero-order chi connectivity index (χ0) is 23.2. The van der Waals surface area contributed by atoms with Crippen LogP contribution < -0.4 is 0 Å². The number of hydrogen-bond acceptors (Lipinski definition) is 4. The molecule has 174 valence electrons. The molecule has 0 aromatic heterocycles. The van der Waals surface area contributed by atoms with Crippen molar-refractivity contribution in [1.82, 2.24) is 9.80 Å². The van der Waals surface area contributed by atoms with E-state index in [2.05, 4.69) is 49.9 Å². The smallest absolute Gasteiger partial charge is 0.475 e. The lowest BCUT2D eigenvalue weighted by Gasteiger charge is -2.32. The number of aliphatic carboxylic acids is 1. The van der Waals surface area contributed by atoms with Crippen molar-refractivity contribution in [2.24, 2.45) is 11.3 Å². The molecule has 2 saturated heterocycles. The van der Waals surface area contributed by atoms with E-state index in [1.54, 1.807) is 0 Å². The first-order chi connectivity index (χ1) is 14.4. The first kappa shape index (κ1) is 25.1. The molecule has 1 atom stereocenters. The highest BCUT2D eigenvalue weighted by atomic mass is 19.4. The molecular weight excluding hydrogens is 413 g/mol. The molecule has 0 bridgehead atoms. The average molecular weight is 444 g/mol. The molecule has 3 rings (SSSR count). The van der Waals surface area contributed by atoms with E-state index >= 15 is 0 Å². The largest absolute Gasteiger partial charge is 0.490 e. The number of carbonyl (C=O) groups excluding carboxylic acids is 1. The van der Waals surface area contributed by atoms with Crippen LogP contribution in [-0.4, -0.2) is 72.4 Å². The maximum Gasteiger partial charge on any atom is 0.490 e. The summed E-state index contributed by atoms with van der Waals surface area (Å²) >= 11 is 0. The summed E-state index contributed by atoms with van der Waals surface area (Å²) in [5.74, 6) is -1.95. The number of carbonyl (C=O) groups is 2. The number of benzene rings is 1. The van der Waals surface area contributed by atoms with E-state index < -0.39 is 12.1 Å². The van der Waals surface area contributed by atoms with Crippen LogP contribution in [0.5, 0.6) is 0 Å². The number of alkyl halides is 3. The molecule has 9 heteroatoms. The molecule has 2 heterocycles. The Morgan fingerprint density at radius 1 is 1.26 bits per heavy atom. The van der Waals surface area contributed by atoms with Gasteiger partial charge in [-0.05, 0) is 24.0 Å². The van der Waals surface area contributed by atoms with Crippen LogP contribution in [0.15, 0.2) is 24.3 Å². The van der Waals surface area contributed by atoms with E-state index in [4.69, 9.17) is 14.6 Å². The summed E-state index contributed by atoms with van der Waals surface area (Å²) in [7, 11) is 0. The number of aryl methyl sites for hydroxylation is 1. The van der Waals surface area contributed by atoms with Gasteiger partial charge < -0.3 is 14.7 Å². The molecule has 31 heavy (non-hydrogen) atoms. The quantitative estimate of drug-likeness (QED) is 0.772. The van der Waals surface area contributed by atoms with Crippen molar-refractivity contribution in [2.45, 2.75) is 39.9 Å². The second kappa shape index (κ2) is 10.5. The van der Waals surface area contributed by atoms with E-state index in [0.717, 1.165) is 39.3 Å². The molecule has 1 aromatic carbocycles. The van der Waals surface area contributed by atoms with Gasteiger partial charge in [-0.1, -0.05) is 38.1 Å². The Morgan fingerprint density at radius 2 is 1.90 bits per heavy atom. The molecular formula is C22H31F3N2O4. The van der Waals surface area contributed by atoms with Gasteiger partial charge in [0.25, 0.3) is 0 Å². The van der Waals surface area contributed by atoms with Crippen LogP contribution in [0, 0.1) is 18.3 Å². The normalized spacial score (nSPS) is 22.4. The minimum atomic E-state index is -5.08. The number of ether oxygens (including phenoxy) is 1. The van der Waals surface area contributed by atoms with Crippen LogP contribution in [0.25, 0.3) is 0 Å². The Labute approximate surface area is 181 Å². The highest BCUT2D eigenvalue weighted by molar-refractivity contribution is 5.79. The van der Waals surface area contributed by atoms with Crippen molar-refractivity contribution in [1.29, 1.82) is 0 Å². The van der Waals surface area contributed by atoms with E-state index in [1.165, 1.54) is 11.1 Å². The summed E-state index contributed by atoms with van der Waals surface area (Å²) in [5.41, 5.74) is 2.67. The van der Waals surface area contributed by atoms with Gasteiger partial charge in [0, 0.05) is 44.6 Å². The molecule has 0 saturated carbocycles. The van der Waals surface area contributed by atoms with Gasteiger partial charge >= 0.3 is 12.1 Å². The summed E-state index contributed by atoms with van der Waals surface area (Å²) in [6.45, 7) is 12.5. The average Bonchev–Trinajstić information content (AvgIpc) is 2.82. The van der Waals surface area contributed by atoms with Crippen LogP contribution in [-0.2, 0) is 20.9 Å². The molecule has 1 amide bonds. The topological polar surface area (TPSA) is 70.1 Å². The molecule has 2 fully saturated rings. The predicted octanol–water partition coefficient (Wildman–Crippen LogP) is 3.34. The first-order valence-corrected chi connectivity index (χ1v) is 10.3. The third-order valence-electron chi connectivity index (χ3n) is 5.41. The number of carboxylic acids is 1. The van der Waals surface area contributed by atoms with Crippen molar-refractivity contribution >= 4 is 11.9 Å². The van der Waals surface area contributed by atoms with Crippen LogP contribution in [0.4, 0.5) is 13.2 Å². The monoisotopic (exact) mass is 444 g/mol. The lowest BCUT2D eigenvalue weighted by molar-refractivity contribution is -0.192. The minimum absolute atomic E-state index is 0.0365. The second-order valence-corrected chi connectivity index (χ2v) is 8.84. The lowest BCUT2D eigenvalue weighted by atomic mass is 9.87. The summed E-state index contributed by atoms with van der Waals surface area (Å²) in [6.07, 6.45) is -4.45. The Balaban J connectivity index is 0.000000423. The van der Waals surface area contributed by atoms with Gasteiger partial charge in [-0.15, -0.1) is 0 Å². The first-order valence-electron chi connectivity index (χ1n) is 10.3. The van der Waals surface area contributed by atoms with E-state index in [0.29, 0.717) is 24.9 Å². The van der Waals surface area contributed by atoms with Gasteiger partial charge in [-0.3, -0.25) is 9.69 Å². The Kier molecular flexibility index (Phi) is 8.48. The number of likely N-dealkylation sites (tertiary alicyclic amines) is 1. The SMILES string of the molecule is Cc1ccccc1CN1CCOCC2(CC(=O)N(CC(C)C)C2)C1.O=C(O)C(F)(F)F. The molecule has 0 radical (unpaired) electrons. The lowest BCUT2D eigenvalue weighted by Crippen LogP contribution is -2.41. The number of amides is 1. The maximum absolute atomic E-state index is 12.5. The van der Waals surface area contributed by atoms with Gasteiger partial charge in [0.1, 0.15) is 0 Å². The standard InChI is InChI=1S/C20H30N2O2.C2HF3O2/c1-16(2)11-22-14-20(10-19(22)23)13-21(8-9-24-15-20)12-18-7-5-4-6-17(18)3;3-2(4,5)1(6)7/h4-7,16H,8-15H2,1-3H3;(H,6,7). The van der Waals surface area contributed by atoms with Gasteiger partial charge in [0.15, 0.2) is 0 Å². The van der Waals surface area contributed by atoms with Crippen molar-refractivity contribution in [2.75, 3.05) is 39.4 Å². The van der Waals surface area contributed by atoms with Crippen molar-refractivity contribution in [3.8, 4) is 0 Å². The summed E-state index contributed by atoms with van der Waals surface area (Å²) in [4.78, 5) is 25.9. The molecule has 1 unspecified atom stereocenters. The molecule has 6 nitrogen and oxygen atoms in total. The highest BCUT2D eigenvalue weighted by Gasteiger charge is 2.45. The second-order valence-electron chi connectivity index (χ2n) is 8.84. The van der Waals surface area contributed by atoms with Crippen LogP contribution in [0.1, 0.15) is 31.4 Å². The fourth-order valence-corrected chi connectivity index (χ4v) is 4.04. The zero-order valence-electron chi connectivity index (χ0n) is 18.2. The van der Waals surface area contributed by atoms with Gasteiger partial charge in [0.05, 0.1) is 13.2 Å². The highest BCUT2D eigenvalue weighted by Crippen LogP contribution is 2.35. The van der Waals surface area contributed by atoms with Crippen molar-refractivity contribution in [3.63, 3.8) is 0 Å². The predicted molar refractivity (Wildman–Crippen MR) is 109 cm³/mol. The molecule has 2 aliphatic rings. The van der Waals surface area contributed by atoms with Crippen LogP contribution in [0.3, 0.4) is 0 Å². The summed E-state index contributed by atoms with van der Waals surface area (Å²) in [5, 5.41) is 7.12. The maximum atomic E-state index is 12.5. The summed E-state index contributed by atoms with van der Waals surface area (Å²) < 4.78 is 37.6. The molecule has 1 spiro atoms. The number of nitrogens with zero attached hydrogens (tertiary/aromatic N) is 2. The molecule has 1 N–H and O–H groups in total. The van der Waals surface area contributed by atoms with Gasteiger partial charge in [-0.2, -0.15) is 13.2 Å². The van der Waals surface area contributed by atoms with E-state index in [1.807, 2.05) is 4.90 Å². The van der Waals surface area contributed by atoms with E-state index in [-0.39, 0.29) is 5.41 Å². The third kappa shape index (κ3) is 7.50. The molecule has 1 aromatic rings. The third-order valence-corrected chi connectivity index (χ3v) is 5.41. The number of halogens is 3. The number of hydrogen-bond donors (Lipinski definition) is 1. The molecule has 2 aliphatic heterocycles. The fourth-order valence-electron chi connectivity index (χ4n) is 4.04. The van der Waals surface area contributed by atoms with Crippen LogP contribution >= 0.6 is 0 Å². The Hall–Kier alpha value is -2.13.